The van der Waals surface area contributed by atoms with Crippen LogP contribution in [0.2, 0.25) is 5.02 Å². The monoisotopic (exact) mass is 335 g/mol. The number of benzene rings is 1. The highest BCUT2D eigenvalue weighted by Crippen LogP contribution is 2.21. The molecule has 0 radical (unpaired) electrons. The zero-order valence-corrected chi connectivity index (χ0v) is 12.7. The Balaban J connectivity index is 3.03. The summed E-state index contributed by atoms with van der Waals surface area (Å²) >= 11 is 5.71. The molecular weight excluding hydrogens is 322 g/mol. The van der Waals surface area contributed by atoms with E-state index in [1.807, 2.05) is 0 Å². The number of hydrogen-bond donors (Lipinski definition) is 1. The zero-order valence-electron chi connectivity index (χ0n) is 11.2. The van der Waals surface area contributed by atoms with E-state index in [9.17, 15) is 18.0 Å². The van der Waals surface area contributed by atoms with Crippen molar-refractivity contribution in [2.45, 2.75) is 6.42 Å². The van der Waals surface area contributed by atoms with E-state index in [1.165, 1.54) is 24.3 Å². The van der Waals surface area contributed by atoms with Crippen LogP contribution in [-0.2, 0) is 24.3 Å². The van der Waals surface area contributed by atoms with Gasteiger partial charge in [-0.05, 0) is 24.3 Å². The summed E-state index contributed by atoms with van der Waals surface area (Å²) in [5.74, 6) is -2.55. The fourth-order valence-electron chi connectivity index (χ4n) is 1.51. The van der Waals surface area contributed by atoms with Crippen LogP contribution in [0.25, 0.3) is 0 Å². The van der Waals surface area contributed by atoms with Crippen LogP contribution in [0.1, 0.15) is 6.42 Å². The summed E-state index contributed by atoms with van der Waals surface area (Å²) in [7, 11) is -2.84. The minimum absolute atomic E-state index is 0.159. The lowest BCUT2D eigenvalue weighted by atomic mass is 10.3. The van der Waals surface area contributed by atoms with Gasteiger partial charge in [0.05, 0.1) is 25.0 Å². The number of carbonyl (C=O) groups excluding carboxylic acids is 1. The normalized spacial score (nSPS) is 11.0. The molecule has 0 aliphatic carbocycles. The molecule has 0 unspecified atom stereocenters. The molecule has 0 atom stereocenters. The Morgan fingerprint density at radius 2 is 1.86 bits per heavy atom. The van der Waals surface area contributed by atoms with Crippen LogP contribution in [0.5, 0.6) is 0 Å². The molecule has 0 saturated carbocycles. The van der Waals surface area contributed by atoms with Gasteiger partial charge in [-0.1, -0.05) is 11.6 Å². The first kappa shape index (κ1) is 17.3. The summed E-state index contributed by atoms with van der Waals surface area (Å²) in [6, 6.07) is 5.67. The topological polar surface area (TPSA) is 101 Å². The molecule has 0 fully saturated rings. The molecule has 1 aromatic carbocycles. The van der Waals surface area contributed by atoms with E-state index in [-0.39, 0.29) is 12.1 Å². The van der Waals surface area contributed by atoms with Crippen molar-refractivity contribution in [1.29, 1.82) is 0 Å². The second-order valence-electron chi connectivity index (χ2n) is 4.02. The molecule has 0 aromatic heterocycles. The third-order valence-electron chi connectivity index (χ3n) is 2.52. The number of rotatable bonds is 7. The first-order valence-corrected chi connectivity index (χ1v) is 7.79. The molecule has 0 saturated heterocycles. The highest BCUT2D eigenvalue weighted by molar-refractivity contribution is 7.92. The Morgan fingerprint density at radius 3 is 2.33 bits per heavy atom. The number of ether oxygens (including phenoxy) is 1. The number of methoxy groups -OCH3 is 1. The molecular formula is C12H14ClNO6S. The molecule has 0 spiro atoms. The number of hydrogen-bond acceptors (Lipinski definition) is 5. The molecule has 7 nitrogen and oxygen atoms in total. The SMILES string of the molecule is COC(=O)CCS(=O)(=O)N(CC(=O)O)c1ccc(Cl)cc1. The van der Waals surface area contributed by atoms with Gasteiger partial charge in [0.2, 0.25) is 10.0 Å². The molecule has 0 bridgehead atoms. The van der Waals surface area contributed by atoms with Gasteiger partial charge in [-0.15, -0.1) is 0 Å². The Kier molecular flexibility index (Phi) is 5.98. The van der Waals surface area contributed by atoms with Gasteiger partial charge in [0.25, 0.3) is 0 Å². The third-order valence-corrected chi connectivity index (χ3v) is 4.50. The van der Waals surface area contributed by atoms with Crippen molar-refractivity contribution in [2.75, 3.05) is 23.7 Å². The maximum absolute atomic E-state index is 12.2. The molecule has 116 valence electrons. The van der Waals surface area contributed by atoms with Gasteiger partial charge in [-0.2, -0.15) is 0 Å². The van der Waals surface area contributed by atoms with Crippen molar-refractivity contribution in [3.8, 4) is 0 Å². The first-order chi connectivity index (χ1) is 9.76. The molecule has 0 heterocycles. The number of sulfonamides is 1. The Bertz CT molecular complexity index is 613. The number of anilines is 1. The predicted molar refractivity (Wildman–Crippen MR) is 76.9 cm³/mol. The van der Waals surface area contributed by atoms with Gasteiger partial charge < -0.3 is 9.84 Å². The van der Waals surface area contributed by atoms with Gasteiger partial charge in [-0.25, -0.2) is 8.42 Å². The van der Waals surface area contributed by atoms with E-state index in [0.29, 0.717) is 9.33 Å². The molecule has 0 aliphatic heterocycles. The number of esters is 1. The number of carboxylic acid groups (broad SMARTS) is 1. The van der Waals surface area contributed by atoms with Crippen LogP contribution in [0.3, 0.4) is 0 Å². The summed E-state index contributed by atoms with van der Waals surface area (Å²) in [6.07, 6.45) is -0.359. The average Bonchev–Trinajstić information content (AvgIpc) is 2.43. The van der Waals surface area contributed by atoms with Gasteiger partial charge in [-0.3, -0.25) is 13.9 Å². The summed E-state index contributed by atoms with van der Waals surface area (Å²) in [4.78, 5) is 21.9. The number of carboxylic acids is 1. The number of aliphatic carboxylic acids is 1. The summed E-state index contributed by atoms with van der Waals surface area (Å²) in [5, 5.41) is 9.25. The molecule has 21 heavy (non-hydrogen) atoms. The van der Waals surface area contributed by atoms with E-state index in [1.54, 1.807) is 0 Å². The van der Waals surface area contributed by atoms with Gasteiger partial charge >= 0.3 is 11.9 Å². The Hall–Kier alpha value is -1.80. The second kappa shape index (κ2) is 7.28. The minimum Gasteiger partial charge on any atom is -0.480 e. The van der Waals surface area contributed by atoms with Crippen molar-refractivity contribution in [3.63, 3.8) is 0 Å². The zero-order chi connectivity index (χ0) is 16.0. The van der Waals surface area contributed by atoms with Gasteiger partial charge in [0, 0.05) is 5.02 Å². The first-order valence-electron chi connectivity index (χ1n) is 5.81. The van der Waals surface area contributed by atoms with E-state index in [4.69, 9.17) is 16.7 Å². The van der Waals surface area contributed by atoms with Crippen molar-refractivity contribution < 1.29 is 27.9 Å². The lowest BCUT2D eigenvalue weighted by molar-refractivity contribution is -0.140. The molecule has 1 aromatic rings. The van der Waals surface area contributed by atoms with E-state index in [2.05, 4.69) is 4.74 Å². The fraction of sp³-hybridized carbons (Fsp3) is 0.333. The van der Waals surface area contributed by atoms with E-state index < -0.39 is 34.3 Å². The quantitative estimate of drug-likeness (QED) is 0.749. The lowest BCUT2D eigenvalue weighted by Gasteiger charge is -2.22. The molecule has 0 aliphatic rings. The molecule has 9 heteroatoms. The van der Waals surface area contributed by atoms with Crippen molar-refractivity contribution in [1.82, 2.24) is 0 Å². The van der Waals surface area contributed by atoms with Crippen LogP contribution >= 0.6 is 11.6 Å². The van der Waals surface area contributed by atoms with E-state index in [0.717, 1.165) is 7.11 Å². The molecule has 0 amide bonds. The van der Waals surface area contributed by atoms with Gasteiger partial charge in [0.15, 0.2) is 0 Å². The van der Waals surface area contributed by atoms with Crippen LogP contribution in [0.15, 0.2) is 24.3 Å². The number of halogens is 1. The maximum atomic E-state index is 12.2. The second-order valence-corrected chi connectivity index (χ2v) is 6.47. The standard InChI is InChI=1S/C12H14ClNO6S/c1-20-12(17)6-7-21(18,19)14(8-11(15)16)10-4-2-9(13)3-5-10/h2-5H,6-8H2,1H3,(H,15,16). The molecule has 1 rings (SSSR count). The summed E-state index contributed by atoms with van der Waals surface area (Å²) in [6.45, 7) is -0.745. The van der Waals surface area contributed by atoms with Crippen LogP contribution in [0.4, 0.5) is 5.69 Å². The Labute approximate surface area is 127 Å². The van der Waals surface area contributed by atoms with Crippen LogP contribution in [-0.4, -0.2) is 44.9 Å². The fourth-order valence-corrected chi connectivity index (χ4v) is 3.03. The highest BCUT2D eigenvalue weighted by Gasteiger charge is 2.25. The lowest BCUT2D eigenvalue weighted by Crippen LogP contribution is -2.37. The number of nitrogens with zero attached hydrogens (tertiary/aromatic N) is 1. The minimum atomic E-state index is -3.98. The van der Waals surface area contributed by atoms with Crippen LogP contribution in [0, 0.1) is 0 Å². The van der Waals surface area contributed by atoms with Crippen LogP contribution < -0.4 is 4.31 Å². The maximum Gasteiger partial charge on any atom is 0.324 e. The third kappa shape index (κ3) is 5.24. The largest absolute Gasteiger partial charge is 0.480 e. The predicted octanol–water partition coefficient (Wildman–Crippen LogP) is 1.12. The van der Waals surface area contributed by atoms with Crippen molar-refractivity contribution in [2.24, 2.45) is 0 Å². The summed E-state index contributed by atoms with van der Waals surface area (Å²) < 4.78 is 29.5. The molecule has 1 N–H and O–H groups in total. The smallest absolute Gasteiger partial charge is 0.324 e. The van der Waals surface area contributed by atoms with Crippen molar-refractivity contribution >= 4 is 39.3 Å². The average molecular weight is 336 g/mol. The van der Waals surface area contributed by atoms with Gasteiger partial charge in [0.1, 0.15) is 6.54 Å². The highest BCUT2D eigenvalue weighted by atomic mass is 35.5. The summed E-state index contributed by atoms with van der Waals surface area (Å²) in [5.41, 5.74) is 0.159. The van der Waals surface area contributed by atoms with E-state index >= 15 is 0 Å². The number of carbonyl (C=O) groups is 2. The van der Waals surface area contributed by atoms with Crippen molar-refractivity contribution in [3.05, 3.63) is 29.3 Å². The Morgan fingerprint density at radius 1 is 1.29 bits per heavy atom.